The van der Waals surface area contributed by atoms with E-state index in [1.54, 1.807) is 0 Å². The third-order valence-corrected chi connectivity index (χ3v) is 4.08. The summed E-state index contributed by atoms with van der Waals surface area (Å²) >= 11 is 0. The number of carbonyl (C=O) groups is 2. The summed E-state index contributed by atoms with van der Waals surface area (Å²) in [5.41, 5.74) is 0. The van der Waals surface area contributed by atoms with Crippen molar-refractivity contribution in [3.8, 4) is 0 Å². The Kier molecular flexibility index (Phi) is 30.8. The summed E-state index contributed by atoms with van der Waals surface area (Å²) in [5.74, 6) is -1.85. The molecule has 0 aromatic heterocycles. The zero-order valence-corrected chi connectivity index (χ0v) is 18.0. The van der Waals surface area contributed by atoms with Gasteiger partial charge in [-0.2, -0.15) is 0 Å². The van der Waals surface area contributed by atoms with Crippen molar-refractivity contribution in [2.45, 2.75) is 103 Å². The maximum atomic E-state index is 10.1. The van der Waals surface area contributed by atoms with Crippen LogP contribution >= 0.6 is 0 Å². The van der Waals surface area contributed by atoms with Gasteiger partial charge in [-0.25, -0.2) is 0 Å². The molecule has 0 saturated carbocycles. The van der Waals surface area contributed by atoms with Gasteiger partial charge in [-0.15, -0.1) is 13.2 Å². The largest absolute Gasteiger partial charge is 2.00 e. The molecular formula is C22H38FeO4. The third-order valence-electron chi connectivity index (χ3n) is 4.08. The van der Waals surface area contributed by atoms with E-state index in [1.807, 2.05) is 12.2 Å². The first kappa shape index (κ1) is 30.7. The third kappa shape index (κ3) is 36.6. The van der Waals surface area contributed by atoms with Crippen molar-refractivity contribution in [3.63, 3.8) is 0 Å². The second-order valence-electron chi connectivity index (χ2n) is 6.64. The first-order valence-corrected chi connectivity index (χ1v) is 10.2. The van der Waals surface area contributed by atoms with E-state index in [2.05, 4.69) is 13.2 Å². The standard InChI is InChI=1S/2C11H20O2.Fe/c2*1-2-3-4-5-6-7-8-9-10-11(12)13;/h2*2H,1,3-10H2,(H,12,13);/q;;+2/p-2. The summed E-state index contributed by atoms with van der Waals surface area (Å²) in [6.07, 6.45) is 19.7. The molecule has 0 bridgehead atoms. The molecule has 0 unspecified atom stereocenters. The zero-order valence-electron chi connectivity index (χ0n) is 16.9. The van der Waals surface area contributed by atoms with Gasteiger partial charge in [0.05, 0.1) is 0 Å². The van der Waals surface area contributed by atoms with Crippen LogP contribution in [-0.2, 0) is 26.7 Å². The molecule has 0 fully saturated rings. The molecule has 4 nitrogen and oxygen atoms in total. The van der Waals surface area contributed by atoms with Crippen LogP contribution in [0.4, 0.5) is 0 Å². The molecule has 0 aliphatic carbocycles. The normalized spacial score (nSPS) is 9.48. The van der Waals surface area contributed by atoms with Crippen molar-refractivity contribution in [2.24, 2.45) is 0 Å². The molecule has 0 aromatic carbocycles. The summed E-state index contributed by atoms with van der Waals surface area (Å²) in [6, 6.07) is 0. The summed E-state index contributed by atoms with van der Waals surface area (Å²) in [7, 11) is 0. The molecule has 0 aliphatic heterocycles. The molecule has 0 heterocycles. The number of rotatable bonds is 18. The van der Waals surface area contributed by atoms with Gasteiger partial charge in [0.15, 0.2) is 0 Å². The molecule has 0 atom stereocenters. The molecule has 0 amide bonds. The molecule has 0 spiro atoms. The van der Waals surface area contributed by atoms with Crippen LogP contribution in [0.3, 0.4) is 0 Å². The van der Waals surface area contributed by atoms with E-state index in [0.29, 0.717) is 0 Å². The Morgan fingerprint density at radius 2 is 0.815 bits per heavy atom. The van der Waals surface area contributed by atoms with E-state index in [0.717, 1.165) is 51.4 Å². The zero-order chi connectivity index (χ0) is 19.9. The number of carbonyl (C=O) groups excluding carboxylic acids is 2. The van der Waals surface area contributed by atoms with Crippen molar-refractivity contribution in [2.75, 3.05) is 0 Å². The van der Waals surface area contributed by atoms with Crippen LogP contribution in [0.2, 0.25) is 0 Å². The maximum Gasteiger partial charge on any atom is 2.00 e. The Morgan fingerprint density at radius 1 is 0.556 bits per heavy atom. The summed E-state index contributed by atoms with van der Waals surface area (Å²) in [5, 5.41) is 20.1. The van der Waals surface area contributed by atoms with Gasteiger partial charge in [0.2, 0.25) is 0 Å². The van der Waals surface area contributed by atoms with Gasteiger partial charge in [-0.3, -0.25) is 0 Å². The SMILES string of the molecule is C=CCCCCCCCCC(=O)[O-].C=CCCCCCCCCC(=O)[O-].[Fe+2]. The molecule has 27 heavy (non-hydrogen) atoms. The van der Waals surface area contributed by atoms with Gasteiger partial charge in [0.1, 0.15) is 0 Å². The maximum absolute atomic E-state index is 10.1. The number of carboxylic acids is 2. The van der Waals surface area contributed by atoms with Crippen molar-refractivity contribution in [1.82, 2.24) is 0 Å². The molecular weight excluding hydrogens is 384 g/mol. The van der Waals surface area contributed by atoms with E-state index in [-0.39, 0.29) is 29.9 Å². The van der Waals surface area contributed by atoms with Crippen molar-refractivity contribution < 1.29 is 36.9 Å². The van der Waals surface area contributed by atoms with Gasteiger partial charge in [-0.1, -0.05) is 63.5 Å². The Balaban J connectivity index is -0.000000411. The number of hydrogen-bond donors (Lipinski definition) is 0. The van der Waals surface area contributed by atoms with Gasteiger partial charge in [0.25, 0.3) is 0 Å². The first-order chi connectivity index (χ1) is 12.5. The van der Waals surface area contributed by atoms with Crippen molar-refractivity contribution >= 4 is 11.9 Å². The Hall–Kier alpha value is -1.06. The Bertz CT molecular complexity index is 322. The van der Waals surface area contributed by atoms with Crippen LogP contribution in [0, 0.1) is 0 Å². The van der Waals surface area contributed by atoms with Gasteiger partial charge < -0.3 is 19.8 Å². The van der Waals surface area contributed by atoms with E-state index in [1.165, 1.54) is 38.5 Å². The van der Waals surface area contributed by atoms with Crippen molar-refractivity contribution in [3.05, 3.63) is 25.3 Å². The second-order valence-corrected chi connectivity index (χ2v) is 6.64. The van der Waals surface area contributed by atoms with Crippen LogP contribution in [0.1, 0.15) is 103 Å². The van der Waals surface area contributed by atoms with Crippen LogP contribution in [0.5, 0.6) is 0 Å². The smallest absolute Gasteiger partial charge is 0.550 e. The molecule has 0 saturated heterocycles. The number of hydrogen-bond acceptors (Lipinski definition) is 4. The van der Waals surface area contributed by atoms with E-state index in [9.17, 15) is 19.8 Å². The molecule has 0 rings (SSSR count). The quantitative estimate of drug-likeness (QED) is 0.189. The topological polar surface area (TPSA) is 80.3 Å². The average molecular weight is 422 g/mol. The summed E-state index contributed by atoms with van der Waals surface area (Å²) < 4.78 is 0. The van der Waals surface area contributed by atoms with Crippen LogP contribution in [-0.4, -0.2) is 11.9 Å². The minimum Gasteiger partial charge on any atom is -0.550 e. The van der Waals surface area contributed by atoms with E-state index >= 15 is 0 Å². The molecule has 158 valence electrons. The molecule has 5 heteroatoms. The number of allylic oxidation sites excluding steroid dienone is 2. The minimum atomic E-state index is -0.924. The fourth-order valence-corrected chi connectivity index (χ4v) is 2.53. The minimum absolute atomic E-state index is 0. The number of aliphatic carboxylic acids is 2. The predicted molar refractivity (Wildman–Crippen MR) is 104 cm³/mol. The van der Waals surface area contributed by atoms with E-state index in [4.69, 9.17) is 0 Å². The van der Waals surface area contributed by atoms with Gasteiger partial charge >= 0.3 is 17.1 Å². The Labute approximate surface area is 177 Å². The van der Waals surface area contributed by atoms with Crippen LogP contribution in [0.25, 0.3) is 0 Å². The molecule has 0 radical (unpaired) electrons. The molecule has 0 aromatic rings. The van der Waals surface area contributed by atoms with Gasteiger partial charge in [-0.05, 0) is 51.4 Å². The van der Waals surface area contributed by atoms with E-state index < -0.39 is 11.9 Å². The molecule has 0 aliphatic rings. The summed E-state index contributed by atoms with van der Waals surface area (Å²) in [4.78, 5) is 20.1. The number of unbranched alkanes of at least 4 members (excludes halogenated alkanes) is 12. The van der Waals surface area contributed by atoms with Crippen molar-refractivity contribution in [1.29, 1.82) is 0 Å². The fraction of sp³-hybridized carbons (Fsp3) is 0.727. The molecule has 0 N–H and O–H groups in total. The van der Waals surface area contributed by atoms with Gasteiger partial charge in [0, 0.05) is 11.9 Å². The monoisotopic (exact) mass is 422 g/mol. The first-order valence-electron chi connectivity index (χ1n) is 10.2. The van der Waals surface area contributed by atoms with Crippen LogP contribution in [0.15, 0.2) is 25.3 Å². The number of carboxylic acid groups (broad SMARTS) is 2. The fourth-order valence-electron chi connectivity index (χ4n) is 2.53. The second kappa shape index (κ2) is 27.2. The Morgan fingerprint density at radius 3 is 1.07 bits per heavy atom. The van der Waals surface area contributed by atoms with Crippen LogP contribution < -0.4 is 10.2 Å². The summed E-state index contributed by atoms with van der Waals surface area (Å²) in [6.45, 7) is 7.31. The predicted octanol–water partition coefficient (Wildman–Crippen LogP) is 4.08. The average Bonchev–Trinajstić information content (AvgIpc) is 2.60.